The maximum absolute atomic E-state index is 11.5. The van der Waals surface area contributed by atoms with Crippen molar-refractivity contribution in [2.45, 2.75) is 24.6 Å². The molecule has 0 fully saturated rings. The van der Waals surface area contributed by atoms with Crippen LogP contribution in [-0.2, 0) is 23.8 Å². The van der Waals surface area contributed by atoms with Gasteiger partial charge in [0.1, 0.15) is 0 Å². The van der Waals surface area contributed by atoms with Crippen molar-refractivity contribution >= 4 is 27.8 Å². The maximum Gasteiger partial charge on any atom is 0.305 e. The van der Waals surface area contributed by atoms with E-state index in [4.69, 9.17) is 19.3 Å². The Hall–Kier alpha value is -0.700. The second kappa shape index (κ2) is 11.9. The van der Waals surface area contributed by atoms with E-state index in [0.717, 1.165) is 0 Å². The van der Waals surface area contributed by atoms with Crippen LogP contribution < -0.4 is 5.32 Å². The van der Waals surface area contributed by atoms with E-state index in [-0.39, 0.29) is 18.9 Å². The molecule has 0 rings (SSSR count). The van der Waals surface area contributed by atoms with Crippen LogP contribution in [0.25, 0.3) is 0 Å². The Morgan fingerprint density at radius 3 is 1.95 bits per heavy atom. The van der Waals surface area contributed by atoms with Crippen LogP contribution in [0.4, 0.5) is 0 Å². The molecule has 0 aliphatic rings. The molecule has 0 unspecified atom stereocenters. The number of nitrogens with one attached hydrogen (secondary N) is 1. The molecule has 0 heterocycles. The minimum absolute atomic E-state index is 0.0000367. The average molecular weight is 370 g/mol. The summed E-state index contributed by atoms with van der Waals surface area (Å²) in [4.78, 5) is 21.7. The molecule has 0 saturated heterocycles. The van der Waals surface area contributed by atoms with Gasteiger partial charge in [-0.15, -0.1) is 0 Å². The molecule has 21 heavy (non-hydrogen) atoms. The van der Waals surface area contributed by atoms with Gasteiger partial charge in [0.2, 0.25) is 5.91 Å². The van der Waals surface area contributed by atoms with Gasteiger partial charge >= 0.3 is 5.97 Å². The fraction of sp³-hybridized carbons (Fsp3) is 0.846. The number of hydrogen-bond donors (Lipinski definition) is 2. The lowest BCUT2D eigenvalue weighted by Gasteiger charge is -2.15. The summed E-state index contributed by atoms with van der Waals surface area (Å²) in [6.45, 7) is 6.24. The molecule has 7 nitrogen and oxygen atoms in total. The van der Waals surface area contributed by atoms with E-state index < -0.39 is 10.3 Å². The fourth-order valence-electron chi connectivity index (χ4n) is 1.15. The number of amides is 1. The number of carboxylic acids is 1. The van der Waals surface area contributed by atoms with Gasteiger partial charge in [-0.1, -0.05) is 15.9 Å². The molecule has 0 aromatic heterocycles. The number of carboxylic acid groups (broad SMARTS) is 1. The van der Waals surface area contributed by atoms with Crippen LogP contribution in [0.1, 0.15) is 20.3 Å². The summed E-state index contributed by atoms with van der Waals surface area (Å²) in [5.41, 5.74) is 0. The predicted molar refractivity (Wildman–Crippen MR) is 80.7 cm³/mol. The Labute approximate surface area is 133 Å². The number of carbonyl (C=O) groups excluding carboxylic acids is 1. The minimum Gasteiger partial charge on any atom is -0.481 e. The zero-order valence-corrected chi connectivity index (χ0v) is 14.1. The van der Waals surface area contributed by atoms with Crippen LogP contribution in [0, 0.1) is 0 Å². The molecule has 1 amide bonds. The second-order valence-corrected chi connectivity index (χ2v) is 6.69. The van der Waals surface area contributed by atoms with E-state index in [1.54, 1.807) is 13.8 Å². The molecule has 0 aromatic rings. The van der Waals surface area contributed by atoms with E-state index >= 15 is 0 Å². The first-order valence-corrected chi connectivity index (χ1v) is 7.55. The summed E-state index contributed by atoms with van der Waals surface area (Å²) >= 11 is 3.26. The Morgan fingerprint density at radius 1 is 1.00 bits per heavy atom. The van der Waals surface area contributed by atoms with Crippen molar-refractivity contribution in [2.24, 2.45) is 0 Å². The molecular formula is C13H24BrNO6. The lowest BCUT2D eigenvalue weighted by atomic mass is 10.2. The highest BCUT2D eigenvalue weighted by Gasteiger charge is 2.22. The Balaban J connectivity index is 3.20. The molecule has 0 radical (unpaired) electrons. The number of ether oxygens (including phenoxy) is 3. The van der Waals surface area contributed by atoms with Crippen LogP contribution in [0.2, 0.25) is 0 Å². The van der Waals surface area contributed by atoms with Gasteiger partial charge < -0.3 is 24.6 Å². The van der Waals surface area contributed by atoms with Crippen molar-refractivity contribution in [2.75, 3.05) is 46.2 Å². The van der Waals surface area contributed by atoms with Crippen LogP contribution in [0.3, 0.4) is 0 Å². The van der Waals surface area contributed by atoms with Gasteiger partial charge in [0.15, 0.2) is 0 Å². The van der Waals surface area contributed by atoms with Gasteiger partial charge in [0.25, 0.3) is 0 Å². The van der Waals surface area contributed by atoms with Gasteiger partial charge in [0, 0.05) is 6.54 Å². The van der Waals surface area contributed by atoms with E-state index in [1.807, 2.05) is 0 Å². The molecule has 0 aliphatic carbocycles. The Morgan fingerprint density at radius 2 is 1.48 bits per heavy atom. The summed E-state index contributed by atoms with van der Waals surface area (Å²) in [6, 6.07) is 0. The zero-order valence-electron chi connectivity index (χ0n) is 12.5. The third-order valence-electron chi connectivity index (χ3n) is 2.28. The highest BCUT2D eigenvalue weighted by molar-refractivity contribution is 9.10. The summed E-state index contributed by atoms with van der Waals surface area (Å²) in [6.07, 6.45) is 0.0000367. The quantitative estimate of drug-likeness (QED) is 0.368. The summed E-state index contributed by atoms with van der Waals surface area (Å²) in [5.74, 6) is -0.958. The number of halogens is 1. The highest BCUT2D eigenvalue weighted by Crippen LogP contribution is 2.14. The first kappa shape index (κ1) is 20.3. The molecule has 0 spiro atoms. The lowest BCUT2D eigenvalue weighted by Crippen LogP contribution is -2.39. The fourth-order valence-corrected chi connectivity index (χ4v) is 1.29. The van der Waals surface area contributed by atoms with Crippen molar-refractivity contribution in [1.82, 2.24) is 5.32 Å². The van der Waals surface area contributed by atoms with E-state index in [9.17, 15) is 9.59 Å². The molecule has 0 saturated carbocycles. The van der Waals surface area contributed by atoms with Crippen molar-refractivity contribution in [3.8, 4) is 0 Å². The SMILES string of the molecule is CC(C)(Br)C(=O)NCCOCCOCCOCCC(=O)O. The van der Waals surface area contributed by atoms with Crippen LogP contribution in [0.15, 0.2) is 0 Å². The van der Waals surface area contributed by atoms with Crippen molar-refractivity contribution in [3.63, 3.8) is 0 Å². The summed E-state index contributed by atoms with van der Waals surface area (Å²) in [5, 5.41) is 11.1. The maximum atomic E-state index is 11.5. The largest absolute Gasteiger partial charge is 0.481 e. The number of carbonyl (C=O) groups is 2. The zero-order chi connectivity index (χ0) is 16.1. The molecule has 0 aliphatic heterocycles. The summed E-state index contributed by atoms with van der Waals surface area (Å²) in [7, 11) is 0. The minimum atomic E-state index is -0.875. The van der Waals surface area contributed by atoms with Crippen LogP contribution in [0.5, 0.6) is 0 Å². The van der Waals surface area contributed by atoms with E-state index in [1.165, 1.54) is 0 Å². The molecule has 124 valence electrons. The first-order valence-electron chi connectivity index (χ1n) is 6.76. The van der Waals surface area contributed by atoms with Gasteiger partial charge in [-0.25, -0.2) is 0 Å². The number of alkyl halides is 1. The molecular weight excluding hydrogens is 346 g/mol. The van der Waals surface area contributed by atoms with E-state index in [2.05, 4.69) is 21.2 Å². The average Bonchev–Trinajstić information content (AvgIpc) is 2.38. The summed E-state index contributed by atoms with van der Waals surface area (Å²) < 4.78 is 15.0. The molecule has 2 N–H and O–H groups in total. The Bertz CT molecular complexity index is 306. The van der Waals surface area contributed by atoms with Crippen LogP contribution in [-0.4, -0.2) is 67.5 Å². The van der Waals surface area contributed by atoms with Gasteiger partial charge in [-0.05, 0) is 13.8 Å². The van der Waals surface area contributed by atoms with Crippen molar-refractivity contribution < 1.29 is 28.9 Å². The first-order chi connectivity index (χ1) is 9.84. The standard InChI is InChI=1S/C13H24BrNO6/c1-13(2,14)12(18)15-4-6-20-8-10-21-9-7-19-5-3-11(16)17/h3-10H2,1-2H3,(H,15,18)(H,16,17). The number of rotatable bonds is 13. The van der Waals surface area contributed by atoms with Crippen molar-refractivity contribution in [3.05, 3.63) is 0 Å². The topological polar surface area (TPSA) is 94.1 Å². The Kier molecular flexibility index (Phi) is 11.5. The van der Waals surface area contributed by atoms with Crippen molar-refractivity contribution in [1.29, 1.82) is 0 Å². The van der Waals surface area contributed by atoms with Gasteiger partial charge in [0.05, 0.1) is 50.4 Å². The van der Waals surface area contributed by atoms with Gasteiger partial charge in [-0.3, -0.25) is 9.59 Å². The third-order valence-corrected chi connectivity index (χ3v) is 2.64. The monoisotopic (exact) mass is 369 g/mol. The molecule has 0 aromatic carbocycles. The number of hydrogen-bond acceptors (Lipinski definition) is 5. The molecule has 0 bridgehead atoms. The van der Waals surface area contributed by atoms with Crippen LogP contribution >= 0.6 is 15.9 Å². The third kappa shape index (κ3) is 14.0. The smallest absolute Gasteiger partial charge is 0.305 e. The highest BCUT2D eigenvalue weighted by atomic mass is 79.9. The second-order valence-electron chi connectivity index (χ2n) is 4.71. The predicted octanol–water partition coefficient (Wildman–Crippen LogP) is 0.801. The molecule has 8 heteroatoms. The molecule has 0 atom stereocenters. The number of aliphatic carboxylic acids is 1. The van der Waals surface area contributed by atoms with Gasteiger partial charge in [-0.2, -0.15) is 0 Å². The normalized spacial score (nSPS) is 11.4. The van der Waals surface area contributed by atoms with E-state index in [0.29, 0.717) is 39.6 Å². The lowest BCUT2D eigenvalue weighted by molar-refractivity contribution is -0.138.